The molecule has 4 nitrogen and oxygen atoms in total. The van der Waals surface area contributed by atoms with Crippen molar-refractivity contribution < 1.29 is 0 Å². The number of hydrogen-bond acceptors (Lipinski definition) is 4. The second-order valence-corrected chi connectivity index (χ2v) is 9.84. The van der Waals surface area contributed by atoms with Crippen LogP contribution in [0.5, 0.6) is 0 Å². The van der Waals surface area contributed by atoms with Crippen molar-refractivity contribution in [1.29, 1.82) is 0 Å². The Morgan fingerprint density at radius 3 is 1.05 bits per heavy atom. The molecular weight excluding hydrogens is 476 g/mol. The topological polar surface area (TPSA) is 51.6 Å². The van der Waals surface area contributed by atoms with Gasteiger partial charge in [-0.05, 0) is 59.7 Å². The molecule has 7 rings (SSSR count). The summed E-state index contributed by atoms with van der Waals surface area (Å²) in [6.07, 6.45) is 1.84. The summed E-state index contributed by atoms with van der Waals surface area (Å²) >= 11 is 0. The molecule has 0 amide bonds. The first-order chi connectivity index (χ1) is 19.3. The van der Waals surface area contributed by atoms with Gasteiger partial charge in [0.15, 0.2) is 0 Å². The van der Waals surface area contributed by atoms with Crippen LogP contribution < -0.4 is 0 Å². The first-order valence-corrected chi connectivity index (χ1v) is 13.3. The molecule has 5 heterocycles. The molecule has 0 saturated heterocycles. The summed E-state index contributed by atoms with van der Waals surface area (Å²) in [5.74, 6) is -0.431. The lowest BCUT2D eigenvalue weighted by atomic mass is 9.87. The van der Waals surface area contributed by atoms with Crippen LogP contribution in [0, 0.1) is 0 Å². The van der Waals surface area contributed by atoms with Gasteiger partial charge in [0, 0.05) is 6.20 Å². The largest absolute Gasteiger partial charge is 0.260 e. The molecule has 4 aromatic heterocycles. The fourth-order valence-corrected chi connectivity index (χ4v) is 5.65. The van der Waals surface area contributed by atoms with E-state index in [9.17, 15) is 0 Å². The van der Waals surface area contributed by atoms with E-state index in [0.717, 1.165) is 51.0 Å². The van der Waals surface area contributed by atoms with Crippen molar-refractivity contribution in [3.05, 3.63) is 191 Å². The molecule has 4 heteroatoms. The lowest BCUT2D eigenvalue weighted by Gasteiger charge is -2.25. The van der Waals surface area contributed by atoms with E-state index in [1.54, 1.807) is 0 Å². The zero-order valence-corrected chi connectivity index (χ0v) is 21.3. The Bertz CT molecular complexity index is 1450. The normalized spacial score (nSPS) is 18.0. The zero-order chi connectivity index (χ0) is 26.0. The predicted molar refractivity (Wildman–Crippen MR) is 153 cm³/mol. The molecule has 2 unspecified atom stereocenters. The smallest absolute Gasteiger partial charge is 0.0858 e. The van der Waals surface area contributed by atoms with Crippen molar-refractivity contribution in [3.8, 4) is 0 Å². The molecule has 0 spiro atoms. The fourth-order valence-electron chi connectivity index (χ4n) is 5.65. The zero-order valence-electron chi connectivity index (χ0n) is 21.3. The van der Waals surface area contributed by atoms with Crippen molar-refractivity contribution in [2.24, 2.45) is 0 Å². The van der Waals surface area contributed by atoms with Crippen molar-refractivity contribution in [2.45, 2.75) is 17.8 Å². The number of pyridine rings is 4. The van der Waals surface area contributed by atoms with Gasteiger partial charge in [-0.15, -0.1) is 0 Å². The van der Waals surface area contributed by atoms with Gasteiger partial charge in [0.1, 0.15) is 0 Å². The SMILES string of the molecule is c1ccc(C2c3cccc(n3)C(c3ccccc3)c3cccc(n3)C(c3ccccn3)c3cccc2n3)cc1. The molecule has 0 saturated carbocycles. The molecule has 2 aromatic carbocycles. The molecule has 1 aliphatic rings. The number of fused-ring (bicyclic) bond motifs is 6. The van der Waals surface area contributed by atoms with Gasteiger partial charge in [-0.3, -0.25) is 19.9 Å². The maximum atomic E-state index is 5.31. The minimum absolute atomic E-state index is 0.113. The highest BCUT2D eigenvalue weighted by Gasteiger charge is 2.28. The van der Waals surface area contributed by atoms with Crippen LogP contribution in [0.2, 0.25) is 0 Å². The van der Waals surface area contributed by atoms with Crippen LogP contribution in [-0.2, 0) is 0 Å². The van der Waals surface area contributed by atoms with Crippen molar-refractivity contribution in [3.63, 3.8) is 0 Å². The Morgan fingerprint density at radius 1 is 0.308 bits per heavy atom. The predicted octanol–water partition coefficient (Wildman–Crippen LogP) is 7.12. The maximum Gasteiger partial charge on any atom is 0.0858 e. The third-order valence-electron chi connectivity index (χ3n) is 7.40. The van der Waals surface area contributed by atoms with E-state index in [0.29, 0.717) is 0 Å². The van der Waals surface area contributed by atoms with Gasteiger partial charge in [-0.25, -0.2) is 0 Å². The molecule has 0 fully saturated rings. The molecule has 0 N–H and O–H groups in total. The van der Waals surface area contributed by atoms with Crippen LogP contribution >= 0.6 is 0 Å². The summed E-state index contributed by atoms with van der Waals surface area (Å²) in [6.45, 7) is 0. The van der Waals surface area contributed by atoms with Gasteiger partial charge >= 0.3 is 0 Å². The van der Waals surface area contributed by atoms with E-state index < -0.39 is 0 Å². The van der Waals surface area contributed by atoms with E-state index in [-0.39, 0.29) is 17.8 Å². The summed E-state index contributed by atoms with van der Waals surface area (Å²) in [7, 11) is 0. The van der Waals surface area contributed by atoms with Crippen LogP contribution in [0.1, 0.15) is 68.7 Å². The van der Waals surface area contributed by atoms with Crippen LogP contribution in [0.15, 0.2) is 140 Å². The number of hydrogen-bond donors (Lipinski definition) is 0. The van der Waals surface area contributed by atoms with Crippen molar-refractivity contribution in [2.75, 3.05) is 0 Å². The van der Waals surface area contributed by atoms with E-state index in [1.165, 1.54) is 0 Å². The number of nitrogens with zero attached hydrogens (tertiary/aromatic N) is 4. The quantitative estimate of drug-likeness (QED) is 0.258. The number of rotatable bonds is 3. The Morgan fingerprint density at radius 2 is 0.667 bits per heavy atom. The molecule has 0 radical (unpaired) electrons. The van der Waals surface area contributed by atoms with E-state index in [1.807, 2.05) is 30.5 Å². The monoisotopic (exact) mass is 502 g/mol. The third kappa shape index (κ3) is 4.40. The second kappa shape index (κ2) is 10.1. The average molecular weight is 503 g/mol. The highest BCUT2D eigenvalue weighted by Crippen LogP contribution is 2.37. The van der Waals surface area contributed by atoms with Crippen LogP contribution in [-0.4, -0.2) is 19.9 Å². The average Bonchev–Trinajstić information content (AvgIpc) is 3.00. The molecule has 6 bridgehead atoms. The Labute approximate surface area is 228 Å². The van der Waals surface area contributed by atoms with E-state index in [4.69, 9.17) is 19.9 Å². The summed E-state index contributed by atoms with van der Waals surface area (Å²) in [4.78, 5) is 20.6. The third-order valence-corrected chi connectivity index (χ3v) is 7.40. The highest BCUT2D eigenvalue weighted by molar-refractivity contribution is 5.45. The Hall–Kier alpha value is -4.96. The van der Waals surface area contributed by atoms with E-state index in [2.05, 4.69) is 109 Å². The molecular formula is C35H26N4. The second-order valence-electron chi connectivity index (χ2n) is 9.84. The van der Waals surface area contributed by atoms with Gasteiger partial charge in [0.05, 0.1) is 57.6 Å². The molecule has 6 aromatic rings. The molecule has 2 atom stereocenters. The van der Waals surface area contributed by atoms with Crippen molar-refractivity contribution >= 4 is 0 Å². The first-order valence-electron chi connectivity index (χ1n) is 13.3. The van der Waals surface area contributed by atoms with Gasteiger partial charge in [0.25, 0.3) is 0 Å². The van der Waals surface area contributed by atoms with Crippen LogP contribution in [0.25, 0.3) is 0 Å². The molecule has 186 valence electrons. The minimum atomic E-state index is -0.204. The first kappa shape index (κ1) is 23.2. The van der Waals surface area contributed by atoms with Crippen molar-refractivity contribution in [1.82, 2.24) is 19.9 Å². The lowest BCUT2D eigenvalue weighted by molar-refractivity contribution is 0.762. The standard InChI is InChI=1S/C35H26N4/c1-3-12-24(13-4-1)33-27-17-9-18-28(37-27)34(25-14-5-2-6-15-25)30-20-11-22-32(39-30)35(26-16-7-8-23-36-26)31-21-10-19-29(33)38-31/h1-23,33-35H. The summed E-state index contributed by atoms with van der Waals surface area (Å²) < 4.78 is 0. The summed E-state index contributed by atoms with van der Waals surface area (Å²) in [5.41, 5.74) is 8.93. The number of aromatic nitrogens is 4. The lowest BCUT2D eigenvalue weighted by Crippen LogP contribution is -2.17. The highest BCUT2D eigenvalue weighted by atomic mass is 14.8. The molecule has 1 aliphatic heterocycles. The molecule has 39 heavy (non-hydrogen) atoms. The van der Waals surface area contributed by atoms with Gasteiger partial charge in [-0.2, -0.15) is 0 Å². The summed E-state index contributed by atoms with van der Waals surface area (Å²) in [5, 5.41) is 0. The van der Waals surface area contributed by atoms with Gasteiger partial charge < -0.3 is 0 Å². The summed E-state index contributed by atoms with van der Waals surface area (Å²) in [6, 6.07) is 46.0. The number of benzene rings is 2. The Kier molecular flexibility index (Phi) is 5.98. The van der Waals surface area contributed by atoms with Crippen LogP contribution in [0.3, 0.4) is 0 Å². The van der Waals surface area contributed by atoms with E-state index >= 15 is 0 Å². The van der Waals surface area contributed by atoms with Gasteiger partial charge in [0.2, 0.25) is 0 Å². The van der Waals surface area contributed by atoms with Gasteiger partial charge in [-0.1, -0.05) is 84.9 Å². The van der Waals surface area contributed by atoms with Crippen LogP contribution in [0.4, 0.5) is 0 Å². The maximum absolute atomic E-state index is 5.31. The minimum Gasteiger partial charge on any atom is -0.260 e. The molecule has 0 aliphatic carbocycles. The fraction of sp³-hybridized carbons (Fsp3) is 0.0857. The Balaban J connectivity index is 1.55.